The maximum atomic E-state index is 11.9. The van der Waals surface area contributed by atoms with Crippen LogP contribution in [0.5, 0.6) is 0 Å². The van der Waals surface area contributed by atoms with E-state index in [0.29, 0.717) is 31.5 Å². The van der Waals surface area contributed by atoms with E-state index < -0.39 is 21.3 Å². The van der Waals surface area contributed by atoms with E-state index in [4.69, 9.17) is 19.2 Å². The first-order chi connectivity index (χ1) is 18.5. The Morgan fingerprint density at radius 1 is 0.825 bits per heavy atom. The molecule has 0 aromatic carbocycles. The summed E-state index contributed by atoms with van der Waals surface area (Å²) in [6.45, 7) is 15.0. The van der Waals surface area contributed by atoms with Gasteiger partial charge in [0.05, 0.1) is 12.9 Å². The highest BCUT2D eigenvalue weighted by molar-refractivity contribution is 7.85. The lowest BCUT2D eigenvalue weighted by atomic mass is 9.92. The highest BCUT2D eigenvalue weighted by Gasteiger charge is 2.27. The van der Waals surface area contributed by atoms with Gasteiger partial charge in [-0.15, -0.1) is 0 Å². The van der Waals surface area contributed by atoms with Crippen molar-refractivity contribution < 1.29 is 31.7 Å². The molecule has 0 bridgehead atoms. The van der Waals surface area contributed by atoms with Crippen LogP contribution in [0.3, 0.4) is 0 Å². The maximum Gasteiger partial charge on any atom is 0.410 e. The molecule has 2 aliphatic heterocycles. The lowest BCUT2D eigenvalue weighted by Gasteiger charge is -2.33. The van der Waals surface area contributed by atoms with Crippen LogP contribution in [0.4, 0.5) is 9.59 Å². The number of rotatable bonds is 9. The third-order valence-electron chi connectivity index (χ3n) is 6.52. The normalized spacial score (nSPS) is 17.4. The molecule has 2 amide bonds. The number of carbonyl (C=O) groups is 2. The van der Waals surface area contributed by atoms with Gasteiger partial charge in [-0.3, -0.25) is 4.18 Å². The topological polar surface area (TPSA) is 151 Å². The molecule has 13 heteroatoms. The van der Waals surface area contributed by atoms with Crippen LogP contribution in [0.1, 0.15) is 92.9 Å². The van der Waals surface area contributed by atoms with Crippen molar-refractivity contribution in [1.29, 1.82) is 0 Å². The standard InChI is InChI=1S/C14H27NO5S.C13H24N4O2/c1-14(2,3)20-13(16)15-9-7-12(8-10-15)6-5-11-19-21(4,17)18;1-13(2,3)19-12(18)17-9-6-11(7-10-17)5-4-8-15-16-14/h12H,5-11H2,1-4H3;11H,4-10H2,1-3H3. The zero-order valence-corrected chi connectivity index (χ0v) is 26.4. The molecule has 232 valence electrons. The van der Waals surface area contributed by atoms with Gasteiger partial charge in [-0.25, -0.2) is 9.59 Å². The predicted molar refractivity (Wildman–Crippen MR) is 154 cm³/mol. The molecular formula is C27H51N5O7S. The van der Waals surface area contributed by atoms with Gasteiger partial charge in [-0.05, 0) is 104 Å². The van der Waals surface area contributed by atoms with Gasteiger partial charge in [0, 0.05) is 37.6 Å². The van der Waals surface area contributed by atoms with E-state index in [0.717, 1.165) is 70.7 Å². The van der Waals surface area contributed by atoms with E-state index in [9.17, 15) is 18.0 Å². The Labute approximate surface area is 240 Å². The average Bonchev–Trinajstić information content (AvgIpc) is 2.83. The van der Waals surface area contributed by atoms with E-state index in [2.05, 4.69) is 10.0 Å². The van der Waals surface area contributed by atoms with E-state index in [1.165, 1.54) is 0 Å². The van der Waals surface area contributed by atoms with Gasteiger partial charge >= 0.3 is 12.2 Å². The predicted octanol–water partition coefficient (Wildman–Crippen LogP) is 6.11. The smallest absolute Gasteiger partial charge is 0.410 e. The lowest BCUT2D eigenvalue weighted by Crippen LogP contribution is -2.41. The molecule has 0 unspecified atom stereocenters. The number of hydrogen-bond donors (Lipinski definition) is 0. The Balaban J connectivity index is 0.000000402. The Hall–Kier alpha value is -2.24. The van der Waals surface area contributed by atoms with Crippen LogP contribution >= 0.6 is 0 Å². The van der Waals surface area contributed by atoms with Crippen LogP contribution in [0.15, 0.2) is 5.11 Å². The summed E-state index contributed by atoms with van der Waals surface area (Å²) in [5.41, 5.74) is 7.30. The molecule has 0 aliphatic carbocycles. The Kier molecular flexibility index (Phi) is 15.1. The van der Waals surface area contributed by atoms with E-state index in [1.807, 2.05) is 41.5 Å². The van der Waals surface area contributed by atoms with Gasteiger partial charge in [-0.2, -0.15) is 8.42 Å². The molecule has 12 nitrogen and oxygen atoms in total. The second-order valence-corrected chi connectivity index (χ2v) is 14.2. The summed E-state index contributed by atoms with van der Waals surface area (Å²) in [6.07, 6.45) is 8.14. The van der Waals surface area contributed by atoms with Crippen molar-refractivity contribution in [1.82, 2.24) is 9.80 Å². The second-order valence-electron chi connectivity index (χ2n) is 12.6. The number of likely N-dealkylation sites (tertiary alicyclic amines) is 2. The Bertz CT molecular complexity index is 924. The van der Waals surface area contributed by atoms with Crippen LogP contribution in [0, 0.1) is 11.8 Å². The Morgan fingerprint density at radius 3 is 1.57 bits per heavy atom. The monoisotopic (exact) mass is 589 g/mol. The quantitative estimate of drug-likeness (QED) is 0.103. The van der Waals surface area contributed by atoms with Crippen molar-refractivity contribution in [2.75, 3.05) is 45.6 Å². The fourth-order valence-electron chi connectivity index (χ4n) is 4.54. The summed E-state index contributed by atoms with van der Waals surface area (Å²) >= 11 is 0. The molecule has 40 heavy (non-hydrogen) atoms. The van der Waals surface area contributed by atoms with Crippen LogP contribution in [-0.4, -0.2) is 87.2 Å². The summed E-state index contributed by atoms with van der Waals surface area (Å²) in [5.74, 6) is 1.15. The molecule has 2 rings (SSSR count). The molecule has 2 aliphatic rings. The van der Waals surface area contributed by atoms with E-state index in [-0.39, 0.29) is 18.8 Å². The molecule has 0 aromatic heterocycles. The minimum atomic E-state index is -3.33. The molecule has 0 saturated carbocycles. The zero-order valence-electron chi connectivity index (χ0n) is 25.6. The van der Waals surface area contributed by atoms with Crippen LogP contribution < -0.4 is 0 Å². The van der Waals surface area contributed by atoms with Crippen molar-refractivity contribution in [2.24, 2.45) is 17.0 Å². The third kappa shape index (κ3) is 17.5. The molecule has 2 heterocycles. The highest BCUT2D eigenvalue weighted by atomic mass is 32.2. The van der Waals surface area contributed by atoms with Gasteiger partial charge in [0.15, 0.2) is 0 Å². The zero-order chi connectivity index (χ0) is 30.4. The summed E-state index contributed by atoms with van der Waals surface area (Å²) in [5, 5.41) is 3.54. The first-order valence-corrected chi connectivity index (χ1v) is 16.1. The second kappa shape index (κ2) is 16.9. The summed E-state index contributed by atoms with van der Waals surface area (Å²) < 4.78 is 37.1. The lowest BCUT2D eigenvalue weighted by molar-refractivity contribution is 0.0170. The molecule has 0 atom stereocenters. The number of carbonyl (C=O) groups excluding carboxylic acids is 2. The van der Waals surface area contributed by atoms with Crippen molar-refractivity contribution in [3.05, 3.63) is 10.4 Å². The molecule has 0 aromatic rings. The van der Waals surface area contributed by atoms with E-state index >= 15 is 0 Å². The van der Waals surface area contributed by atoms with Crippen LogP contribution in [-0.2, 0) is 23.8 Å². The SMILES string of the molecule is CC(C)(C)OC(=O)N1CCC(CCCN=[N+]=[N-])CC1.CC(C)(C)OC(=O)N1CCC(CCCOS(C)(=O)=O)CC1. The number of hydrogen-bond acceptors (Lipinski definition) is 8. The molecule has 0 radical (unpaired) electrons. The van der Waals surface area contributed by atoms with Gasteiger partial charge in [0.1, 0.15) is 11.2 Å². The number of piperidine rings is 2. The van der Waals surface area contributed by atoms with Crippen molar-refractivity contribution >= 4 is 22.3 Å². The first-order valence-electron chi connectivity index (χ1n) is 14.3. The van der Waals surface area contributed by atoms with Gasteiger partial charge in [-0.1, -0.05) is 11.5 Å². The van der Waals surface area contributed by atoms with E-state index in [1.54, 1.807) is 9.80 Å². The summed E-state index contributed by atoms with van der Waals surface area (Å²) in [7, 11) is -3.33. The van der Waals surface area contributed by atoms with Gasteiger partial charge < -0.3 is 19.3 Å². The minimum Gasteiger partial charge on any atom is -0.444 e. The molecular weight excluding hydrogens is 538 g/mol. The third-order valence-corrected chi connectivity index (χ3v) is 7.12. The highest BCUT2D eigenvalue weighted by Crippen LogP contribution is 2.24. The molecule has 2 saturated heterocycles. The maximum absolute atomic E-state index is 11.9. The number of ether oxygens (including phenoxy) is 2. The van der Waals surface area contributed by atoms with Gasteiger partial charge in [0.2, 0.25) is 0 Å². The summed E-state index contributed by atoms with van der Waals surface area (Å²) in [6, 6.07) is 0. The van der Waals surface area contributed by atoms with Crippen molar-refractivity contribution in [3.63, 3.8) is 0 Å². The summed E-state index contributed by atoms with van der Waals surface area (Å²) in [4.78, 5) is 30.1. The molecule has 0 spiro atoms. The largest absolute Gasteiger partial charge is 0.444 e. The van der Waals surface area contributed by atoms with Crippen molar-refractivity contribution in [2.45, 2.75) is 104 Å². The fraction of sp³-hybridized carbons (Fsp3) is 0.926. The van der Waals surface area contributed by atoms with Gasteiger partial charge in [0.25, 0.3) is 10.1 Å². The number of amides is 2. The van der Waals surface area contributed by atoms with Crippen LogP contribution in [0.25, 0.3) is 10.4 Å². The van der Waals surface area contributed by atoms with Crippen LogP contribution in [0.2, 0.25) is 0 Å². The fourth-order valence-corrected chi connectivity index (χ4v) is 4.96. The number of nitrogens with zero attached hydrogens (tertiary/aromatic N) is 5. The molecule has 2 fully saturated rings. The van der Waals surface area contributed by atoms with Crippen molar-refractivity contribution in [3.8, 4) is 0 Å². The first kappa shape index (κ1) is 35.8. The number of azide groups is 1. The molecule has 0 N–H and O–H groups in total. The minimum absolute atomic E-state index is 0.208. The Morgan fingerprint density at radius 2 is 1.23 bits per heavy atom. The average molecular weight is 590 g/mol.